The minimum Gasteiger partial charge on any atom is -0.460 e. The Balaban J connectivity index is 1.10. The van der Waals surface area contributed by atoms with Gasteiger partial charge in [0, 0.05) is 61.1 Å². The van der Waals surface area contributed by atoms with Crippen molar-refractivity contribution in [2.45, 2.75) is 65.2 Å². The van der Waals surface area contributed by atoms with Gasteiger partial charge in [-0.3, -0.25) is 9.69 Å². The van der Waals surface area contributed by atoms with Gasteiger partial charge in [-0.1, -0.05) is 24.3 Å². The molecule has 1 N–H and O–H groups in total. The molecule has 0 bridgehead atoms. The molecule has 2 saturated heterocycles. The van der Waals surface area contributed by atoms with Gasteiger partial charge in [-0.15, -0.1) is 0 Å². The summed E-state index contributed by atoms with van der Waals surface area (Å²) in [7, 11) is 1.64. The van der Waals surface area contributed by atoms with Gasteiger partial charge in [0.1, 0.15) is 35.2 Å². The quantitative estimate of drug-likeness (QED) is 0.0900. The number of benzene rings is 4. The number of nitrogens with one attached hydrogen (secondary N) is 1. The SMILES string of the molecule is COC1CN(Cc2cc3nc(-c4cccc(-c5cccc(-c6nc7cc(COC(=O)[C@@H]8CCCN8)c(OC(F)F)cc7o6)c5C)c4C)oc3cc2OC(F)F)C1. The van der Waals surface area contributed by atoms with Gasteiger partial charge in [-0.05, 0) is 79.8 Å². The molecule has 2 fully saturated rings. The van der Waals surface area contributed by atoms with Crippen LogP contribution in [0.4, 0.5) is 17.6 Å². The highest BCUT2D eigenvalue weighted by Gasteiger charge is 2.29. The third kappa shape index (κ3) is 7.53. The van der Waals surface area contributed by atoms with Crippen molar-refractivity contribution in [1.82, 2.24) is 20.2 Å². The Morgan fingerprint density at radius 3 is 1.88 bits per heavy atom. The largest absolute Gasteiger partial charge is 0.460 e. The molecule has 0 aliphatic carbocycles. The minimum atomic E-state index is -3.11. The molecule has 1 atom stereocenters. The standard InChI is InChI=1S/C41H38F4N4O7/c1-21-26(7-4-9-28(21)37-47-31-13-23(17-49-18-25(19-49)51-3)33(55-40(42)43)15-35(31)53-37)27-8-5-10-29(22(27)2)38-48-32-14-24(20-52-39(50)30-11-6-12-46-30)34(56-41(44)45)16-36(32)54-38/h4-5,7-10,13-16,25,30,40-41,46H,6,11-12,17-20H2,1-3H3/t30-/m0/s1. The lowest BCUT2D eigenvalue weighted by Crippen LogP contribution is -2.50. The Morgan fingerprint density at radius 2 is 1.36 bits per heavy atom. The molecule has 56 heavy (non-hydrogen) atoms. The monoisotopic (exact) mass is 774 g/mol. The van der Waals surface area contributed by atoms with Crippen molar-refractivity contribution in [3.63, 3.8) is 0 Å². The molecular formula is C41H38F4N4O7. The Bertz CT molecular complexity index is 2400. The molecule has 0 amide bonds. The summed E-state index contributed by atoms with van der Waals surface area (Å²) in [5.74, 6) is -0.0326. The Kier molecular flexibility index (Phi) is 10.4. The van der Waals surface area contributed by atoms with Gasteiger partial charge < -0.3 is 33.1 Å². The van der Waals surface area contributed by atoms with Crippen molar-refractivity contribution in [3.05, 3.63) is 82.9 Å². The fourth-order valence-electron chi connectivity index (χ4n) is 7.37. The number of hydrogen-bond donors (Lipinski definition) is 1. The lowest BCUT2D eigenvalue weighted by Gasteiger charge is -2.38. The van der Waals surface area contributed by atoms with Crippen molar-refractivity contribution < 1.29 is 50.1 Å². The summed E-state index contributed by atoms with van der Waals surface area (Å²) in [4.78, 5) is 24.1. The van der Waals surface area contributed by atoms with Gasteiger partial charge in [0.05, 0.1) is 6.10 Å². The van der Waals surface area contributed by atoms with Crippen LogP contribution < -0.4 is 14.8 Å². The Morgan fingerprint density at radius 1 is 0.821 bits per heavy atom. The summed E-state index contributed by atoms with van der Waals surface area (Å²) in [6.07, 6.45) is 1.59. The van der Waals surface area contributed by atoms with Gasteiger partial charge >= 0.3 is 19.2 Å². The molecule has 0 unspecified atom stereocenters. The molecule has 6 aromatic rings. The van der Waals surface area contributed by atoms with Gasteiger partial charge in [-0.2, -0.15) is 17.6 Å². The number of hydrogen-bond acceptors (Lipinski definition) is 11. The summed E-state index contributed by atoms with van der Waals surface area (Å²) < 4.78 is 86.4. The van der Waals surface area contributed by atoms with E-state index in [4.69, 9.17) is 32.8 Å². The summed E-state index contributed by atoms with van der Waals surface area (Å²) in [6, 6.07) is 17.0. The van der Waals surface area contributed by atoms with Crippen LogP contribution in [0, 0.1) is 13.8 Å². The van der Waals surface area contributed by atoms with E-state index in [0.717, 1.165) is 28.7 Å². The van der Waals surface area contributed by atoms with Crippen LogP contribution in [0.1, 0.15) is 35.1 Å². The number of nitrogens with zero attached hydrogens (tertiary/aromatic N) is 3. The molecule has 2 aliphatic heterocycles. The Hall–Kier alpha value is -5.51. The van der Waals surface area contributed by atoms with E-state index in [1.807, 2.05) is 50.2 Å². The van der Waals surface area contributed by atoms with Crippen LogP contribution >= 0.6 is 0 Å². The molecule has 4 heterocycles. The van der Waals surface area contributed by atoms with Crippen LogP contribution in [-0.4, -0.2) is 73.0 Å². The molecule has 2 aliphatic rings. The average molecular weight is 775 g/mol. The maximum atomic E-state index is 13.4. The highest BCUT2D eigenvalue weighted by atomic mass is 19.3. The number of alkyl halides is 4. The maximum absolute atomic E-state index is 13.4. The number of methoxy groups -OCH3 is 1. The zero-order chi connectivity index (χ0) is 39.1. The number of ether oxygens (including phenoxy) is 4. The number of carbonyl (C=O) groups is 1. The van der Waals surface area contributed by atoms with Crippen LogP contribution in [0.3, 0.4) is 0 Å². The number of fused-ring (bicyclic) bond motifs is 2. The van der Waals surface area contributed by atoms with Crippen LogP contribution in [0.2, 0.25) is 0 Å². The van der Waals surface area contributed by atoms with Crippen LogP contribution in [0.5, 0.6) is 11.5 Å². The zero-order valence-corrected chi connectivity index (χ0v) is 30.7. The third-order valence-corrected chi connectivity index (χ3v) is 10.4. The molecule has 11 nitrogen and oxygen atoms in total. The van der Waals surface area contributed by atoms with E-state index in [0.29, 0.717) is 71.8 Å². The zero-order valence-electron chi connectivity index (χ0n) is 30.7. The number of carbonyl (C=O) groups excluding carboxylic acids is 1. The molecule has 8 rings (SSSR count). The van der Waals surface area contributed by atoms with Gasteiger partial charge in [0.15, 0.2) is 11.2 Å². The fourth-order valence-corrected chi connectivity index (χ4v) is 7.37. The summed E-state index contributed by atoms with van der Waals surface area (Å²) in [6.45, 7) is -0.0561. The van der Waals surface area contributed by atoms with E-state index in [1.54, 1.807) is 13.2 Å². The normalized spacial score (nSPS) is 16.3. The van der Waals surface area contributed by atoms with Crippen LogP contribution in [0.25, 0.3) is 56.2 Å². The van der Waals surface area contributed by atoms with Crippen molar-refractivity contribution >= 4 is 28.2 Å². The fraction of sp³-hybridized carbons (Fsp3) is 0.341. The summed E-state index contributed by atoms with van der Waals surface area (Å²) in [5.41, 5.74) is 7.02. The second-order valence-electron chi connectivity index (χ2n) is 13.9. The molecule has 15 heteroatoms. The summed E-state index contributed by atoms with van der Waals surface area (Å²) in [5, 5.41) is 3.06. The smallest absolute Gasteiger partial charge is 0.387 e. The first-order valence-electron chi connectivity index (χ1n) is 18.2. The van der Waals surface area contributed by atoms with E-state index >= 15 is 0 Å². The molecule has 4 aromatic carbocycles. The second kappa shape index (κ2) is 15.6. The maximum Gasteiger partial charge on any atom is 0.387 e. The first-order valence-corrected chi connectivity index (χ1v) is 18.2. The number of rotatable bonds is 13. The lowest BCUT2D eigenvalue weighted by atomic mass is 9.91. The highest BCUT2D eigenvalue weighted by Crippen LogP contribution is 2.40. The van der Waals surface area contributed by atoms with Crippen molar-refractivity contribution in [3.8, 4) is 45.5 Å². The molecule has 0 spiro atoms. The van der Waals surface area contributed by atoms with Crippen LogP contribution in [0.15, 0.2) is 69.5 Å². The van der Waals surface area contributed by atoms with Crippen LogP contribution in [-0.2, 0) is 27.4 Å². The van der Waals surface area contributed by atoms with Gasteiger partial charge in [0.2, 0.25) is 11.8 Å². The average Bonchev–Trinajstić information content (AvgIpc) is 3.92. The van der Waals surface area contributed by atoms with Gasteiger partial charge in [0.25, 0.3) is 0 Å². The second-order valence-corrected chi connectivity index (χ2v) is 13.9. The number of oxazole rings is 2. The highest BCUT2D eigenvalue weighted by molar-refractivity contribution is 5.85. The minimum absolute atomic E-state index is 0.0301. The number of likely N-dealkylation sites (tertiary alicyclic amines) is 1. The van der Waals surface area contributed by atoms with E-state index in [1.165, 1.54) is 18.2 Å². The summed E-state index contributed by atoms with van der Waals surface area (Å²) >= 11 is 0. The predicted molar refractivity (Wildman–Crippen MR) is 198 cm³/mol. The van der Waals surface area contributed by atoms with Crippen molar-refractivity contribution in [1.29, 1.82) is 0 Å². The number of aromatic nitrogens is 2. The van der Waals surface area contributed by atoms with E-state index in [2.05, 4.69) is 15.2 Å². The van der Waals surface area contributed by atoms with E-state index in [9.17, 15) is 22.4 Å². The number of halogens is 4. The Labute approximate surface area is 318 Å². The van der Waals surface area contributed by atoms with Crippen molar-refractivity contribution in [2.75, 3.05) is 26.7 Å². The molecule has 0 radical (unpaired) electrons. The topological polar surface area (TPSA) is 121 Å². The van der Waals surface area contributed by atoms with Gasteiger partial charge in [-0.25, -0.2) is 9.97 Å². The van der Waals surface area contributed by atoms with E-state index in [-0.39, 0.29) is 41.2 Å². The predicted octanol–water partition coefficient (Wildman–Crippen LogP) is 8.42. The molecule has 2 aromatic heterocycles. The van der Waals surface area contributed by atoms with E-state index < -0.39 is 25.2 Å². The first-order chi connectivity index (χ1) is 27.0. The molecule has 292 valence electrons. The van der Waals surface area contributed by atoms with Crippen molar-refractivity contribution in [2.24, 2.45) is 0 Å². The lowest BCUT2D eigenvalue weighted by molar-refractivity contribution is -0.147. The molecular weight excluding hydrogens is 736 g/mol. The third-order valence-electron chi connectivity index (χ3n) is 10.4. The first kappa shape index (κ1) is 37.4. The number of esters is 1. The molecule has 0 saturated carbocycles.